The number of fused-ring (bicyclic) bond motifs is 1. The van der Waals surface area contributed by atoms with E-state index in [0.29, 0.717) is 32.0 Å². The third-order valence-corrected chi connectivity index (χ3v) is 3.30. The lowest BCUT2D eigenvalue weighted by molar-refractivity contribution is -0.782. The van der Waals surface area contributed by atoms with Crippen LogP contribution in [-0.2, 0) is 0 Å². The number of aromatic nitrogens is 2. The molecular formula is C12H6Cl2N2O3. The van der Waals surface area contributed by atoms with E-state index >= 15 is 0 Å². The number of ether oxygens (including phenoxy) is 1. The number of benzene rings is 2. The van der Waals surface area contributed by atoms with Gasteiger partial charge in [-0.1, -0.05) is 29.3 Å². The molecule has 0 aliphatic rings. The average Bonchev–Trinajstić information content (AvgIpc) is 2.77. The molecule has 3 rings (SSSR count). The van der Waals surface area contributed by atoms with Gasteiger partial charge in [0.25, 0.3) is 0 Å². The summed E-state index contributed by atoms with van der Waals surface area (Å²) >= 11 is 11.9. The molecule has 0 spiro atoms. The highest BCUT2D eigenvalue weighted by atomic mass is 35.5. The molecule has 19 heavy (non-hydrogen) atoms. The van der Waals surface area contributed by atoms with Crippen LogP contribution >= 0.6 is 23.2 Å². The molecule has 7 heteroatoms. The summed E-state index contributed by atoms with van der Waals surface area (Å²) in [7, 11) is 0. The molecule has 5 nitrogen and oxygen atoms in total. The van der Waals surface area contributed by atoms with Crippen molar-refractivity contribution in [3.63, 3.8) is 0 Å². The van der Waals surface area contributed by atoms with Crippen LogP contribution in [-0.4, -0.2) is 5.16 Å². The summed E-state index contributed by atoms with van der Waals surface area (Å²) in [5.41, 5.74) is 0.718. The van der Waals surface area contributed by atoms with Crippen LogP contribution in [0.5, 0.6) is 11.5 Å². The predicted molar refractivity (Wildman–Crippen MR) is 69.5 cm³/mol. The number of halogens is 2. The lowest BCUT2D eigenvalue weighted by Crippen LogP contribution is -2.22. The molecule has 0 N–H and O–H groups in total. The Bertz CT molecular complexity index is 758. The lowest BCUT2D eigenvalue weighted by atomic mass is 10.3. The number of nitrogens with zero attached hydrogens (tertiary/aromatic N) is 2. The molecule has 0 unspecified atom stereocenters. The first kappa shape index (κ1) is 12.1. The van der Waals surface area contributed by atoms with Gasteiger partial charge in [0.15, 0.2) is 0 Å². The van der Waals surface area contributed by atoms with Crippen molar-refractivity contribution in [3.8, 4) is 11.5 Å². The Morgan fingerprint density at radius 1 is 1.21 bits per heavy atom. The van der Waals surface area contributed by atoms with Gasteiger partial charge >= 0.3 is 0 Å². The Morgan fingerprint density at radius 2 is 2.05 bits per heavy atom. The SMILES string of the molecule is [O-][n+]1onc2ccc(Oc3cccc(Cl)c3Cl)cc21. The molecule has 3 aromatic rings. The molecule has 96 valence electrons. The maximum atomic E-state index is 11.3. The first-order valence-corrected chi connectivity index (χ1v) is 6.02. The molecule has 0 fully saturated rings. The number of rotatable bonds is 2. The fourth-order valence-electron chi connectivity index (χ4n) is 1.61. The van der Waals surface area contributed by atoms with Crippen molar-refractivity contribution in [3.05, 3.63) is 51.7 Å². The fraction of sp³-hybridized carbons (Fsp3) is 0. The van der Waals surface area contributed by atoms with Crippen molar-refractivity contribution in [2.24, 2.45) is 0 Å². The van der Waals surface area contributed by atoms with E-state index in [9.17, 15) is 5.21 Å². The minimum atomic E-state index is 0.274. The van der Waals surface area contributed by atoms with E-state index in [2.05, 4.69) is 9.79 Å². The summed E-state index contributed by atoms with van der Waals surface area (Å²) in [4.78, 5) is 0.307. The van der Waals surface area contributed by atoms with Crippen molar-refractivity contribution >= 4 is 34.2 Å². The van der Waals surface area contributed by atoms with E-state index in [1.54, 1.807) is 30.3 Å². The third kappa shape index (κ3) is 2.18. The van der Waals surface area contributed by atoms with E-state index < -0.39 is 0 Å². The first-order chi connectivity index (χ1) is 9.15. The molecule has 0 aliphatic carbocycles. The Labute approximate surface area is 117 Å². The second-order valence-electron chi connectivity index (χ2n) is 3.73. The standard InChI is InChI=1S/C12H6Cl2N2O3/c13-8-2-1-3-11(12(8)14)18-7-4-5-9-10(6-7)16(17)19-15-9/h1-6H. The summed E-state index contributed by atoms with van der Waals surface area (Å²) in [6.07, 6.45) is 0. The summed E-state index contributed by atoms with van der Waals surface area (Å²) in [6.45, 7) is 0. The van der Waals surface area contributed by atoms with Gasteiger partial charge in [-0.15, -0.1) is 0 Å². The highest BCUT2D eigenvalue weighted by Gasteiger charge is 2.12. The molecule has 0 saturated carbocycles. The molecule has 2 aromatic carbocycles. The minimum Gasteiger partial charge on any atom is -0.456 e. The average molecular weight is 297 g/mol. The van der Waals surface area contributed by atoms with Gasteiger partial charge in [-0.05, 0) is 29.2 Å². The maximum absolute atomic E-state index is 11.3. The Balaban J connectivity index is 2.01. The Hall–Kier alpha value is -1.98. The van der Waals surface area contributed by atoms with Crippen LogP contribution in [0, 0.1) is 5.21 Å². The second-order valence-corrected chi connectivity index (χ2v) is 4.52. The minimum absolute atomic E-state index is 0.274. The van der Waals surface area contributed by atoms with E-state index in [4.69, 9.17) is 27.9 Å². The topological polar surface area (TPSA) is 62.2 Å². The summed E-state index contributed by atoms with van der Waals surface area (Å²) < 4.78 is 10.1. The predicted octanol–water partition coefficient (Wildman–Crippen LogP) is 3.56. The summed E-state index contributed by atoms with van der Waals surface area (Å²) in [5, 5.41) is 15.6. The van der Waals surface area contributed by atoms with Crippen LogP contribution in [0.25, 0.3) is 11.0 Å². The Kier molecular flexibility index (Phi) is 2.93. The zero-order valence-electron chi connectivity index (χ0n) is 9.34. The van der Waals surface area contributed by atoms with Crippen LogP contribution in [0.15, 0.2) is 41.0 Å². The zero-order chi connectivity index (χ0) is 13.4. The molecular weight excluding hydrogens is 291 g/mol. The van der Waals surface area contributed by atoms with Gasteiger partial charge < -0.3 is 9.94 Å². The normalized spacial score (nSPS) is 10.8. The van der Waals surface area contributed by atoms with Crippen LogP contribution < -0.4 is 9.64 Å². The fourth-order valence-corrected chi connectivity index (χ4v) is 1.94. The van der Waals surface area contributed by atoms with Crippen molar-refractivity contribution in [2.75, 3.05) is 0 Å². The largest absolute Gasteiger partial charge is 0.456 e. The maximum Gasteiger partial charge on any atom is 0.248 e. The quantitative estimate of drug-likeness (QED) is 0.678. The molecule has 0 atom stereocenters. The van der Waals surface area contributed by atoms with Gasteiger partial charge in [0.2, 0.25) is 11.0 Å². The van der Waals surface area contributed by atoms with E-state index in [1.165, 1.54) is 6.07 Å². The number of hydrogen-bond acceptors (Lipinski definition) is 4. The smallest absolute Gasteiger partial charge is 0.248 e. The third-order valence-electron chi connectivity index (χ3n) is 2.50. The molecule has 0 radical (unpaired) electrons. The van der Waals surface area contributed by atoms with E-state index in [1.807, 2.05) is 0 Å². The summed E-state index contributed by atoms with van der Waals surface area (Å²) in [5.74, 6) is 0.840. The molecule has 1 heterocycles. The van der Waals surface area contributed by atoms with Crippen molar-refractivity contribution in [1.29, 1.82) is 0 Å². The van der Waals surface area contributed by atoms with Gasteiger partial charge in [-0.25, -0.2) is 0 Å². The van der Waals surface area contributed by atoms with Crippen LogP contribution in [0.3, 0.4) is 0 Å². The van der Waals surface area contributed by atoms with Crippen molar-refractivity contribution in [1.82, 2.24) is 5.16 Å². The second kappa shape index (κ2) is 4.60. The van der Waals surface area contributed by atoms with Gasteiger partial charge in [0, 0.05) is 11.2 Å². The zero-order valence-corrected chi connectivity index (χ0v) is 10.9. The van der Waals surface area contributed by atoms with E-state index in [0.717, 1.165) is 0 Å². The van der Waals surface area contributed by atoms with Crippen LogP contribution in [0.2, 0.25) is 10.0 Å². The van der Waals surface area contributed by atoms with Gasteiger partial charge in [0.1, 0.15) is 16.5 Å². The molecule has 0 bridgehead atoms. The van der Waals surface area contributed by atoms with Gasteiger partial charge in [-0.2, -0.15) is 0 Å². The number of hydrogen-bond donors (Lipinski definition) is 0. The van der Waals surface area contributed by atoms with Crippen LogP contribution in [0.1, 0.15) is 0 Å². The van der Waals surface area contributed by atoms with Crippen molar-refractivity contribution < 1.29 is 14.3 Å². The molecule has 0 saturated heterocycles. The molecule has 0 aliphatic heterocycles. The monoisotopic (exact) mass is 296 g/mol. The van der Waals surface area contributed by atoms with Gasteiger partial charge in [-0.3, -0.25) is 4.63 Å². The highest BCUT2D eigenvalue weighted by molar-refractivity contribution is 6.42. The van der Waals surface area contributed by atoms with Crippen molar-refractivity contribution in [2.45, 2.75) is 0 Å². The highest BCUT2D eigenvalue weighted by Crippen LogP contribution is 2.34. The van der Waals surface area contributed by atoms with Gasteiger partial charge in [0.05, 0.1) is 5.02 Å². The van der Waals surface area contributed by atoms with Crippen LogP contribution in [0.4, 0.5) is 0 Å². The lowest BCUT2D eigenvalue weighted by Gasteiger charge is -2.07. The summed E-state index contributed by atoms with van der Waals surface area (Å²) in [6, 6.07) is 9.83. The van der Waals surface area contributed by atoms with E-state index in [-0.39, 0.29) is 5.52 Å². The Morgan fingerprint density at radius 3 is 2.89 bits per heavy atom. The molecule has 0 amide bonds. The first-order valence-electron chi connectivity index (χ1n) is 5.26. The molecule has 1 aromatic heterocycles.